The summed E-state index contributed by atoms with van der Waals surface area (Å²) in [5, 5.41) is 6.45. The predicted molar refractivity (Wildman–Crippen MR) is 121 cm³/mol. The van der Waals surface area contributed by atoms with E-state index >= 15 is 0 Å². The van der Waals surface area contributed by atoms with Gasteiger partial charge in [0.25, 0.3) is 0 Å². The van der Waals surface area contributed by atoms with Crippen molar-refractivity contribution in [2.24, 2.45) is 5.10 Å². The standard InChI is InChI=1S/C22H25Br2N3O/c1-3-26(4-2)14-13-22(28)27-21(17-7-11-19(24)12-8-17)15-20(25-27)16-5-9-18(23)10-6-16/h5-12,21H,3-4,13-15H2,1-2H3/t21-/m0/s1. The second kappa shape index (κ2) is 9.81. The average molecular weight is 507 g/mol. The molecule has 1 aliphatic rings. The van der Waals surface area contributed by atoms with E-state index in [0.29, 0.717) is 6.42 Å². The smallest absolute Gasteiger partial charge is 0.244 e. The third-order valence-electron chi connectivity index (χ3n) is 5.13. The zero-order chi connectivity index (χ0) is 20.1. The van der Waals surface area contributed by atoms with Crippen molar-refractivity contribution in [1.82, 2.24) is 9.91 Å². The molecule has 6 heteroatoms. The van der Waals surface area contributed by atoms with Gasteiger partial charge in [0.15, 0.2) is 0 Å². The topological polar surface area (TPSA) is 35.9 Å². The summed E-state index contributed by atoms with van der Waals surface area (Å²) in [6.45, 7) is 6.91. The van der Waals surface area contributed by atoms with Crippen molar-refractivity contribution in [3.63, 3.8) is 0 Å². The lowest BCUT2D eigenvalue weighted by atomic mass is 9.98. The average Bonchev–Trinajstić information content (AvgIpc) is 3.15. The summed E-state index contributed by atoms with van der Waals surface area (Å²) >= 11 is 6.97. The molecule has 3 rings (SSSR count). The predicted octanol–water partition coefficient (Wildman–Crippen LogP) is 5.62. The monoisotopic (exact) mass is 505 g/mol. The first-order chi connectivity index (χ1) is 13.5. The van der Waals surface area contributed by atoms with Crippen LogP contribution < -0.4 is 0 Å². The van der Waals surface area contributed by atoms with E-state index < -0.39 is 0 Å². The summed E-state index contributed by atoms with van der Waals surface area (Å²) in [6, 6.07) is 16.2. The Bertz CT molecular complexity index is 830. The van der Waals surface area contributed by atoms with Crippen LogP contribution in [-0.2, 0) is 4.79 Å². The summed E-state index contributed by atoms with van der Waals surface area (Å²) < 4.78 is 2.06. The number of carbonyl (C=O) groups excluding carboxylic acids is 1. The van der Waals surface area contributed by atoms with Crippen LogP contribution in [0, 0.1) is 0 Å². The van der Waals surface area contributed by atoms with E-state index in [1.807, 2.05) is 36.4 Å². The van der Waals surface area contributed by atoms with Gasteiger partial charge in [0.2, 0.25) is 5.91 Å². The number of nitrogens with zero attached hydrogens (tertiary/aromatic N) is 3. The molecule has 0 aliphatic carbocycles. The van der Waals surface area contributed by atoms with Gasteiger partial charge in [-0.25, -0.2) is 5.01 Å². The highest BCUT2D eigenvalue weighted by atomic mass is 79.9. The highest BCUT2D eigenvalue weighted by molar-refractivity contribution is 9.10. The maximum Gasteiger partial charge on any atom is 0.244 e. The number of benzene rings is 2. The SMILES string of the molecule is CCN(CC)CCC(=O)N1N=C(c2ccc(Br)cc2)C[C@H]1c1ccc(Br)cc1. The molecule has 0 bridgehead atoms. The van der Waals surface area contributed by atoms with Crippen LogP contribution in [0.5, 0.6) is 0 Å². The van der Waals surface area contributed by atoms with Gasteiger partial charge in [0, 0.05) is 28.3 Å². The Labute approximate surface area is 183 Å². The van der Waals surface area contributed by atoms with Crippen molar-refractivity contribution in [1.29, 1.82) is 0 Å². The molecule has 0 N–H and O–H groups in total. The third kappa shape index (κ3) is 5.10. The van der Waals surface area contributed by atoms with E-state index in [0.717, 1.165) is 51.8 Å². The van der Waals surface area contributed by atoms with Gasteiger partial charge < -0.3 is 4.90 Å². The first-order valence-corrected chi connectivity index (χ1v) is 11.2. The van der Waals surface area contributed by atoms with Crippen molar-refractivity contribution < 1.29 is 4.79 Å². The third-order valence-corrected chi connectivity index (χ3v) is 6.19. The summed E-state index contributed by atoms with van der Waals surface area (Å²) in [5.41, 5.74) is 3.12. The fraction of sp³-hybridized carbons (Fsp3) is 0.364. The van der Waals surface area contributed by atoms with Gasteiger partial charge >= 0.3 is 0 Å². The fourth-order valence-electron chi connectivity index (χ4n) is 3.41. The molecule has 0 aromatic heterocycles. The number of hydrogen-bond acceptors (Lipinski definition) is 3. The van der Waals surface area contributed by atoms with Crippen LogP contribution in [0.2, 0.25) is 0 Å². The van der Waals surface area contributed by atoms with Gasteiger partial charge in [-0.05, 0) is 48.5 Å². The van der Waals surface area contributed by atoms with E-state index in [9.17, 15) is 4.79 Å². The highest BCUT2D eigenvalue weighted by Gasteiger charge is 2.32. The molecule has 0 unspecified atom stereocenters. The summed E-state index contributed by atoms with van der Waals surface area (Å²) in [7, 11) is 0. The van der Waals surface area contributed by atoms with E-state index in [4.69, 9.17) is 5.10 Å². The molecule has 1 amide bonds. The lowest BCUT2D eigenvalue weighted by Crippen LogP contribution is -2.32. The number of hydrogen-bond donors (Lipinski definition) is 0. The van der Waals surface area contributed by atoms with Crippen LogP contribution >= 0.6 is 31.9 Å². The molecular weight excluding hydrogens is 482 g/mol. The Balaban J connectivity index is 1.84. The van der Waals surface area contributed by atoms with Crippen molar-refractivity contribution >= 4 is 43.5 Å². The number of carbonyl (C=O) groups is 1. The Morgan fingerprint density at radius 1 is 1.04 bits per heavy atom. The largest absolute Gasteiger partial charge is 0.303 e. The number of hydrazone groups is 1. The number of halogens is 2. The quantitative estimate of drug-likeness (QED) is 0.488. The highest BCUT2D eigenvalue weighted by Crippen LogP contribution is 2.34. The minimum atomic E-state index is -0.0593. The molecule has 0 saturated carbocycles. The normalized spacial score (nSPS) is 16.5. The van der Waals surface area contributed by atoms with Crippen LogP contribution in [0.1, 0.15) is 43.9 Å². The minimum absolute atomic E-state index is 0.0593. The zero-order valence-electron chi connectivity index (χ0n) is 16.2. The molecule has 0 radical (unpaired) electrons. The maximum absolute atomic E-state index is 13.0. The van der Waals surface area contributed by atoms with Crippen LogP contribution in [0.4, 0.5) is 0 Å². The molecular formula is C22H25Br2N3O. The molecule has 1 atom stereocenters. The van der Waals surface area contributed by atoms with Crippen LogP contribution in [0.15, 0.2) is 62.6 Å². The van der Waals surface area contributed by atoms with E-state index in [-0.39, 0.29) is 11.9 Å². The van der Waals surface area contributed by atoms with Gasteiger partial charge in [-0.15, -0.1) is 0 Å². The van der Waals surface area contributed by atoms with Gasteiger partial charge in [-0.1, -0.05) is 70.0 Å². The first kappa shape index (κ1) is 21.2. The molecule has 1 heterocycles. The molecule has 28 heavy (non-hydrogen) atoms. The van der Waals surface area contributed by atoms with E-state index in [1.165, 1.54) is 0 Å². The van der Waals surface area contributed by atoms with Crippen LogP contribution in [-0.4, -0.2) is 41.2 Å². The lowest BCUT2D eigenvalue weighted by molar-refractivity contribution is -0.133. The fourth-order valence-corrected chi connectivity index (χ4v) is 3.94. The number of rotatable bonds is 7. The molecule has 0 spiro atoms. The van der Waals surface area contributed by atoms with Crippen molar-refractivity contribution in [2.45, 2.75) is 32.7 Å². The van der Waals surface area contributed by atoms with E-state index in [2.05, 4.69) is 62.7 Å². The summed E-state index contributed by atoms with van der Waals surface area (Å²) in [4.78, 5) is 15.3. The van der Waals surface area contributed by atoms with E-state index in [1.54, 1.807) is 5.01 Å². The molecule has 0 saturated heterocycles. The molecule has 4 nitrogen and oxygen atoms in total. The molecule has 2 aromatic rings. The second-order valence-electron chi connectivity index (χ2n) is 6.84. The maximum atomic E-state index is 13.0. The van der Waals surface area contributed by atoms with Crippen LogP contribution in [0.25, 0.3) is 0 Å². The molecule has 148 valence electrons. The van der Waals surface area contributed by atoms with Crippen molar-refractivity contribution in [3.8, 4) is 0 Å². The van der Waals surface area contributed by atoms with Crippen molar-refractivity contribution in [3.05, 3.63) is 68.6 Å². The van der Waals surface area contributed by atoms with Gasteiger partial charge in [0.1, 0.15) is 0 Å². The van der Waals surface area contributed by atoms with Crippen molar-refractivity contribution in [2.75, 3.05) is 19.6 Å². The minimum Gasteiger partial charge on any atom is -0.303 e. The lowest BCUT2D eigenvalue weighted by Gasteiger charge is -2.24. The van der Waals surface area contributed by atoms with Gasteiger partial charge in [0.05, 0.1) is 11.8 Å². The summed E-state index contributed by atoms with van der Waals surface area (Å²) in [6.07, 6.45) is 1.20. The summed E-state index contributed by atoms with van der Waals surface area (Å²) in [5.74, 6) is 0.0759. The molecule has 0 fully saturated rings. The molecule has 1 aliphatic heterocycles. The number of amides is 1. The second-order valence-corrected chi connectivity index (χ2v) is 8.67. The van der Waals surface area contributed by atoms with Gasteiger partial charge in [-0.2, -0.15) is 5.10 Å². The zero-order valence-corrected chi connectivity index (χ0v) is 19.4. The Morgan fingerprint density at radius 3 is 2.18 bits per heavy atom. The Morgan fingerprint density at radius 2 is 1.61 bits per heavy atom. The Kier molecular flexibility index (Phi) is 7.43. The van der Waals surface area contributed by atoms with Crippen LogP contribution in [0.3, 0.4) is 0 Å². The molecule has 2 aromatic carbocycles. The van der Waals surface area contributed by atoms with Gasteiger partial charge in [-0.3, -0.25) is 4.79 Å². The Hall–Kier alpha value is -1.50. The first-order valence-electron chi connectivity index (χ1n) is 9.65.